The Labute approximate surface area is 131 Å². The van der Waals surface area contributed by atoms with E-state index in [9.17, 15) is 22.0 Å². The van der Waals surface area contributed by atoms with E-state index in [0.29, 0.717) is 25.6 Å². The highest BCUT2D eigenvalue weighted by atomic mass is 19.4. The van der Waals surface area contributed by atoms with Crippen LogP contribution < -0.4 is 10.6 Å². The van der Waals surface area contributed by atoms with Crippen molar-refractivity contribution in [2.24, 2.45) is 5.92 Å². The Morgan fingerprint density at radius 1 is 1.26 bits per heavy atom. The van der Waals surface area contributed by atoms with Crippen LogP contribution in [0.3, 0.4) is 0 Å². The van der Waals surface area contributed by atoms with E-state index in [1.165, 1.54) is 6.07 Å². The average molecular weight is 334 g/mol. The quantitative estimate of drug-likeness (QED) is 0.804. The Kier molecular flexibility index (Phi) is 4.60. The highest BCUT2D eigenvalue weighted by Gasteiger charge is 2.36. The zero-order chi connectivity index (χ0) is 16.6. The van der Waals surface area contributed by atoms with Gasteiger partial charge in [0.05, 0.1) is 5.56 Å². The van der Waals surface area contributed by atoms with E-state index in [4.69, 9.17) is 0 Å². The molecule has 0 bridgehead atoms. The molecule has 1 heterocycles. The first kappa shape index (κ1) is 16.6. The summed E-state index contributed by atoms with van der Waals surface area (Å²) in [5.74, 6) is -0.615. The van der Waals surface area contributed by atoms with Crippen LogP contribution in [0.25, 0.3) is 0 Å². The maximum atomic E-state index is 14.2. The van der Waals surface area contributed by atoms with Gasteiger partial charge in [0.1, 0.15) is 12.0 Å². The lowest BCUT2D eigenvalue weighted by Crippen LogP contribution is -2.36. The van der Waals surface area contributed by atoms with E-state index >= 15 is 0 Å². The number of nitrogens with one attached hydrogen (secondary N) is 2. The third kappa shape index (κ3) is 4.01. The molecule has 1 aliphatic carbocycles. The second-order valence-electron chi connectivity index (χ2n) is 6.40. The lowest BCUT2D eigenvalue weighted by molar-refractivity contribution is -0.137. The first-order valence-electron chi connectivity index (χ1n) is 7.82. The molecule has 2 N–H and O–H groups in total. The fourth-order valence-electron chi connectivity index (χ4n) is 3.11. The molecule has 0 amide bonds. The van der Waals surface area contributed by atoms with Crippen LogP contribution in [0.5, 0.6) is 0 Å². The van der Waals surface area contributed by atoms with Gasteiger partial charge in [0, 0.05) is 30.7 Å². The van der Waals surface area contributed by atoms with Crippen molar-refractivity contribution < 1.29 is 22.0 Å². The van der Waals surface area contributed by atoms with E-state index in [-0.39, 0.29) is 23.6 Å². The lowest BCUT2D eigenvalue weighted by Gasteiger charge is -2.22. The maximum Gasteiger partial charge on any atom is 0.416 e. The maximum absolute atomic E-state index is 14.2. The number of hydrogen-bond donors (Lipinski definition) is 2. The molecule has 1 saturated heterocycles. The van der Waals surface area contributed by atoms with Gasteiger partial charge in [0.15, 0.2) is 0 Å². The number of alkyl halides is 4. The summed E-state index contributed by atoms with van der Waals surface area (Å²) in [7, 11) is 0. The highest BCUT2D eigenvalue weighted by Crippen LogP contribution is 2.42. The van der Waals surface area contributed by atoms with Crippen molar-refractivity contribution in [2.45, 2.75) is 43.7 Å². The van der Waals surface area contributed by atoms with Gasteiger partial charge in [0.25, 0.3) is 0 Å². The normalized spacial score (nSPS) is 26.5. The Hall–Kier alpha value is -1.21. The molecule has 1 unspecified atom stereocenters. The van der Waals surface area contributed by atoms with E-state index < -0.39 is 23.7 Å². The van der Waals surface area contributed by atoms with Crippen molar-refractivity contribution in [3.8, 4) is 0 Å². The number of halogens is 5. The lowest BCUT2D eigenvalue weighted by atomic mass is 9.99. The fourth-order valence-corrected chi connectivity index (χ4v) is 3.11. The SMILES string of the molecule is Fc1cc(C(F)(F)F)ccc1[C@H](NCC1C[C@H](F)CN1)C1CC1. The van der Waals surface area contributed by atoms with Crippen LogP contribution in [-0.4, -0.2) is 25.3 Å². The summed E-state index contributed by atoms with van der Waals surface area (Å²) in [5.41, 5.74) is -0.721. The molecule has 0 radical (unpaired) electrons. The van der Waals surface area contributed by atoms with Gasteiger partial charge in [-0.15, -0.1) is 0 Å². The summed E-state index contributed by atoms with van der Waals surface area (Å²) in [6.45, 7) is 0.789. The van der Waals surface area contributed by atoms with E-state index in [1.54, 1.807) is 0 Å². The third-order valence-corrected chi connectivity index (χ3v) is 4.51. The Morgan fingerprint density at radius 2 is 2.00 bits per heavy atom. The molecule has 0 aromatic heterocycles. The minimum atomic E-state index is -4.55. The molecule has 1 aromatic rings. The molecule has 128 valence electrons. The van der Waals surface area contributed by atoms with Gasteiger partial charge in [-0.1, -0.05) is 6.07 Å². The molecule has 2 aliphatic rings. The van der Waals surface area contributed by atoms with E-state index in [1.807, 2.05) is 0 Å². The van der Waals surface area contributed by atoms with Crippen LogP contribution in [0, 0.1) is 11.7 Å². The Bertz CT molecular complexity index is 556. The van der Waals surface area contributed by atoms with Gasteiger partial charge in [-0.05, 0) is 37.3 Å². The third-order valence-electron chi connectivity index (χ3n) is 4.51. The molecule has 7 heteroatoms. The predicted octanol–water partition coefficient (Wildman–Crippen LogP) is 3.59. The van der Waals surface area contributed by atoms with Crippen molar-refractivity contribution in [3.05, 3.63) is 35.1 Å². The molecule has 2 nitrogen and oxygen atoms in total. The van der Waals surface area contributed by atoms with Crippen LogP contribution in [-0.2, 0) is 6.18 Å². The molecule has 1 aromatic carbocycles. The van der Waals surface area contributed by atoms with E-state index in [0.717, 1.165) is 18.9 Å². The molecular formula is C16H19F5N2. The number of benzene rings is 1. The average Bonchev–Trinajstić information content (AvgIpc) is 3.22. The van der Waals surface area contributed by atoms with Gasteiger partial charge in [-0.25, -0.2) is 8.78 Å². The van der Waals surface area contributed by atoms with E-state index in [2.05, 4.69) is 10.6 Å². The smallest absolute Gasteiger partial charge is 0.310 e. The second-order valence-corrected chi connectivity index (χ2v) is 6.40. The van der Waals surface area contributed by atoms with Crippen LogP contribution in [0.1, 0.15) is 36.4 Å². The summed E-state index contributed by atoms with van der Waals surface area (Å²) in [4.78, 5) is 0. The van der Waals surface area contributed by atoms with Crippen molar-refractivity contribution in [1.29, 1.82) is 0 Å². The summed E-state index contributed by atoms with van der Waals surface area (Å²) < 4.78 is 65.2. The van der Waals surface area contributed by atoms with Crippen molar-refractivity contribution in [3.63, 3.8) is 0 Å². The molecule has 1 saturated carbocycles. The van der Waals surface area contributed by atoms with Crippen molar-refractivity contribution >= 4 is 0 Å². The minimum Gasteiger partial charge on any atom is -0.310 e. The number of rotatable bonds is 5. The molecule has 2 fully saturated rings. The van der Waals surface area contributed by atoms with Crippen molar-refractivity contribution in [2.75, 3.05) is 13.1 Å². The summed E-state index contributed by atoms with van der Waals surface area (Å²) in [6.07, 6.45) is -3.18. The molecule has 1 aliphatic heterocycles. The molecule has 3 atom stereocenters. The van der Waals surface area contributed by atoms with Crippen LogP contribution in [0.2, 0.25) is 0 Å². The molecule has 3 rings (SSSR count). The summed E-state index contributed by atoms with van der Waals surface area (Å²) >= 11 is 0. The van der Waals surface area contributed by atoms with Gasteiger partial charge in [-0.2, -0.15) is 13.2 Å². The van der Waals surface area contributed by atoms with Gasteiger partial charge in [-0.3, -0.25) is 0 Å². The zero-order valence-electron chi connectivity index (χ0n) is 12.5. The monoisotopic (exact) mass is 334 g/mol. The molecule has 0 spiro atoms. The Balaban J connectivity index is 1.71. The van der Waals surface area contributed by atoms with Crippen LogP contribution in [0.15, 0.2) is 18.2 Å². The van der Waals surface area contributed by atoms with Gasteiger partial charge >= 0.3 is 6.18 Å². The minimum absolute atomic E-state index is 0.0243. The topological polar surface area (TPSA) is 24.1 Å². The second kappa shape index (κ2) is 6.36. The molecule has 23 heavy (non-hydrogen) atoms. The predicted molar refractivity (Wildman–Crippen MR) is 76.2 cm³/mol. The zero-order valence-corrected chi connectivity index (χ0v) is 12.5. The highest BCUT2D eigenvalue weighted by molar-refractivity contribution is 5.29. The fraction of sp³-hybridized carbons (Fsp3) is 0.625. The largest absolute Gasteiger partial charge is 0.416 e. The summed E-state index contributed by atoms with van der Waals surface area (Å²) in [6, 6.07) is 2.34. The standard InChI is InChI=1S/C16H19F5N2/c17-11-6-12(22-7-11)8-23-15(9-1-2-9)13-4-3-10(5-14(13)18)16(19,20)21/h3-5,9,11-12,15,22-23H,1-2,6-8H2/t11-,12?,15+/m0/s1. The molecular weight excluding hydrogens is 315 g/mol. The van der Waals surface area contributed by atoms with Gasteiger partial charge in [0.2, 0.25) is 0 Å². The summed E-state index contributed by atoms with van der Waals surface area (Å²) in [5, 5.41) is 6.25. The number of hydrogen-bond acceptors (Lipinski definition) is 2. The van der Waals surface area contributed by atoms with Crippen LogP contribution >= 0.6 is 0 Å². The van der Waals surface area contributed by atoms with Crippen LogP contribution in [0.4, 0.5) is 22.0 Å². The van der Waals surface area contributed by atoms with Gasteiger partial charge < -0.3 is 10.6 Å². The first-order chi connectivity index (χ1) is 10.8. The Morgan fingerprint density at radius 3 is 2.52 bits per heavy atom. The first-order valence-corrected chi connectivity index (χ1v) is 7.82. The van der Waals surface area contributed by atoms with Crippen molar-refractivity contribution in [1.82, 2.24) is 10.6 Å².